The minimum absolute atomic E-state index is 0.0267. The van der Waals surface area contributed by atoms with E-state index in [1.54, 1.807) is 0 Å². The molecule has 0 spiro atoms. The summed E-state index contributed by atoms with van der Waals surface area (Å²) in [4.78, 5) is 14.8. The van der Waals surface area contributed by atoms with E-state index in [1.807, 2.05) is 18.2 Å². The number of nitrogens with one attached hydrogen (secondary N) is 1. The summed E-state index contributed by atoms with van der Waals surface area (Å²) in [6, 6.07) is 16.8. The van der Waals surface area contributed by atoms with E-state index in [4.69, 9.17) is 0 Å². The fraction of sp³-hybridized carbons (Fsp3) is 0.409. The number of hydrogen-bond donors (Lipinski definition) is 1. The van der Waals surface area contributed by atoms with Crippen LogP contribution in [0.25, 0.3) is 0 Å². The largest absolute Gasteiger partial charge is 0.352 e. The lowest BCUT2D eigenvalue weighted by atomic mass is 10.0. The molecule has 0 radical (unpaired) electrons. The number of nitrogens with zero attached hydrogens (tertiary/aromatic N) is 1. The van der Waals surface area contributed by atoms with Crippen molar-refractivity contribution in [2.24, 2.45) is 5.92 Å². The van der Waals surface area contributed by atoms with Gasteiger partial charge in [0.2, 0.25) is 0 Å². The van der Waals surface area contributed by atoms with Gasteiger partial charge in [0, 0.05) is 31.7 Å². The highest BCUT2D eigenvalue weighted by molar-refractivity contribution is 5.94. The Labute approximate surface area is 151 Å². The summed E-state index contributed by atoms with van der Waals surface area (Å²) >= 11 is 0. The Morgan fingerprint density at radius 3 is 2.36 bits per heavy atom. The highest BCUT2D eigenvalue weighted by Crippen LogP contribution is 2.17. The van der Waals surface area contributed by atoms with E-state index >= 15 is 0 Å². The number of carbonyl (C=O) groups is 1. The predicted molar refractivity (Wildman–Crippen MR) is 103 cm³/mol. The Hall–Kier alpha value is -2.13. The van der Waals surface area contributed by atoms with Gasteiger partial charge in [-0.25, -0.2) is 0 Å². The highest BCUT2D eigenvalue weighted by atomic mass is 16.1. The minimum atomic E-state index is 0.0267. The van der Waals surface area contributed by atoms with E-state index < -0.39 is 0 Å². The molecule has 1 aliphatic rings. The van der Waals surface area contributed by atoms with Crippen LogP contribution in [0.3, 0.4) is 0 Å². The quantitative estimate of drug-likeness (QED) is 0.903. The first-order chi connectivity index (χ1) is 12.1. The maximum Gasteiger partial charge on any atom is 0.251 e. The van der Waals surface area contributed by atoms with Crippen molar-refractivity contribution >= 4 is 5.91 Å². The maximum atomic E-state index is 12.3. The fourth-order valence-electron chi connectivity index (χ4n) is 3.34. The van der Waals surface area contributed by atoms with Crippen LogP contribution in [0.2, 0.25) is 0 Å². The molecule has 0 unspecified atom stereocenters. The number of carbonyl (C=O) groups excluding carboxylic acids is 1. The molecule has 3 rings (SSSR count). The summed E-state index contributed by atoms with van der Waals surface area (Å²) in [6.07, 6.45) is 2.20. The van der Waals surface area contributed by atoms with Gasteiger partial charge in [0.25, 0.3) is 5.91 Å². The topological polar surface area (TPSA) is 32.3 Å². The molecule has 2 aromatic carbocycles. The van der Waals surface area contributed by atoms with Gasteiger partial charge in [0.1, 0.15) is 0 Å². The van der Waals surface area contributed by atoms with Crippen molar-refractivity contribution in [1.29, 1.82) is 0 Å². The normalized spacial score (nSPS) is 14.8. The highest BCUT2D eigenvalue weighted by Gasteiger charge is 2.14. The summed E-state index contributed by atoms with van der Waals surface area (Å²) < 4.78 is 0. The average molecular weight is 336 g/mol. The lowest BCUT2D eigenvalue weighted by molar-refractivity contribution is 0.0949. The van der Waals surface area contributed by atoms with Crippen molar-refractivity contribution in [3.63, 3.8) is 0 Å². The Balaban J connectivity index is 1.62. The number of benzene rings is 2. The van der Waals surface area contributed by atoms with Gasteiger partial charge < -0.3 is 5.32 Å². The number of rotatable bonds is 5. The zero-order valence-corrected chi connectivity index (χ0v) is 15.3. The first kappa shape index (κ1) is 17.7. The average Bonchev–Trinajstić information content (AvgIpc) is 2.82. The van der Waals surface area contributed by atoms with E-state index in [-0.39, 0.29) is 5.91 Å². The molecule has 0 fully saturated rings. The Bertz CT molecular complexity index is 696. The molecule has 0 saturated carbocycles. The molecule has 25 heavy (non-hydrogen) atoms. The third-order valence-electron chi connectivity index (χ3n) is 4.78. The molecule has 1 N–H and O–H groups in total. The maximum absolute atomic E-state index is 12.3. The zero-order valence-electron chi connectivity index (χ0n) is 15.3. The van der Waals surface area contributed by atoms with Crippen molar-refractivity contribution in [2.75, 3.05) is 19.6 Å². The first-order valence-electron chi connectivity index (χ1n) is 9.28. The number of fused-ring (bicyclic) bond motifs is 1. The second kappa shape index (κ2) is 8.30. The van der Waals surface area contributed by atoms with Crippen LogP contribution in [-0.4, -0.2) is 30.4 Å². The first-order valence-corrected chi connectivity index (χ1v) is 9.28. The van der Waals surface area contributed by atoms with E-state index in [2.05, 4.69) is 54.4 Å². The fourth-order valence-corrected chi connectivity index (χ4v) is 3.34. The SMILES string of the molecule is CC(C)CNC(=O)c1cccc(CN2CCc3ccccc3CC2)c1. The van der Waals surface area contributed by atoms with E-state index in [0.29, 0.717) is 12.5 Å². The second-order valence-electron chi connectivity index (χ2n) is 7.35. The van der Waals surface area contributed by atoms with E-state index in [0.717, 1.165) is 38.0 Å². The Kier molecular flexibility index (Phi) is 5.87. The van der Waals surface area contributed by atoms with Gasteiger partial charge in [-0.05, 0) is 47.6 Å². The van der Waals surface area contributed by atoms with Crippen LogP contribution < -0.4 is 5.32 Å². The van der Waals surface area contributed by atoms with Gasteiger partial charge in [0.05, 0.1) is 0 Å². The molecular formula is C22H28N2O. The molecule has 3 nitrogen and oxygen atoms in total. The van der Waals surface area contributed by atoms with Crippen molar-refractivity contribution in [3.8, 4) is 0 Å². The van der Waals surface area contributed by atoms with E-state index in [1.165, 1.54) is 16.7 Å². The van der Waals surface area contributed by atoms with Gasteiger partial charge in [0.15, 0.2) is 0 Å². The van der Waals surface area contributed by atoms with Crippen molar-refractivity contribution in [2.45, 2.75) is 33.2 Å². The van der Waals surface area contributed by atoms with Crippen molar-refractivity contribution in [3.05, 3.63) is 70.8 Å². The van der Waals surface area contributed by atoms with Gasteiger partial charge in [-0.1, -0.05) is 50.2 Å². The minimum Gasteiger partial charge on any atom is -0.352 e. The lowest BCUT2D eigenvalue weighted by Gasteiger charge is -2.20. The van der Waals surface area contributed by atoms with Crippen LogP contribution in [-0.2, 0) is 19.4 Å². The molecule has 0 bridgehead atoms. The molecule has 0 saturated heterocycles. The summed E-state index contributed by atoms with van der Waals surface area (Å²) in [5.74, 6) is 0.490. The third-order valence-corrected chi connectivity index (χ3v) is 4.78. The molecule has 1 amide bonds. The van der Waals surface area contributed by atoms with E-state index in [9.17, 15) is 4.79 Å². The van der Waals surface area contributed by atoms with Crippen LogP contribution in [0, 0.1) is 5.92 Å². The van der Waals surface area contributed by atoms with Crippen LogP contribution in [0.15, 0.2) is 48.5 Å². The second-order valence-corrected chi connectivity index (χ2v) is 7.35. The Morgan fingerprint density at radius 2 is 1.72 bits per heavy atom. The molecule has 1 heterocycles. The van der Waals surface area contributed by atoms with Gasteiger partial charge in [-0.3, -0.25) is 9.69 Å². The predicted octanol–water partition coefficient (Wildman–Crippen LogP) is 3.67. The summed E-state index contributed by atoms with van der Waals surface area (Å²) in [6.45, 7) is 7.97. The van der Waals surface area contributed by atoms with Gasteiger partial charge in [-0.2, -0.15) is 0 Å². The number of hydrogen-bond acceptors (Lipinski definition) is 2. The molecule has 0 aromatic heterocycles. The standard InChI is InChI=1S/C22H28N2O/c1-17(2)15-23-22(25)21-9-5-6-18(14-21)16-24-12-10-19-7-3-4-8-20(19)11-13-24/h3-9,14,17H,10-13,15-16H2,1-2H3,(H,23,25). The van der Waals surface area contributed by atoms with Crippen molar-refractivity contribution in [1.82, 2.24) is 10.2 Å². The van der Waals surface area contributed by atoms with Crippen LogP contribution in [0.4, 0.5) is 0 Å². The van der Waals surface area contributed by atoms with Gasteiger partial charge >= 0.3 is 0 Å². The monoisotopic (exact) mass is 336 g/mol. The van der Waals surface area contributed by atoms with Crippen LogP contribution >= 0.6 is 0 Å². The molecule has 0 atom stereocenters. The molecule has 2 aromatic rings. The van der Waals surface area contributed by atoms with Crippen molar-refractivity contribution < 1.29 is 4.79 Å². The number of amides is 1. The van der Waals surface area contributed by atoms with Crippen LogP contribution in [0.1, 0.15) is 40.9 Å². The Morgan fingerprint density at radius 1 is 1.04 bits per heavy atom. The lowest BCUT2D eigenvalue weighted by Crippen LogP contribution is -2.28. The van der Waals surface area contributed by atoms with Crippen LogP contribution in [0.5, 0.6) is 0 Å². The smallest absolute Gasteiger partial charge is 0.251 e. The zero-order chi connectivity index (χ0) is 17.6. The summed E-state index contributed by atoms with van der Waals surface area (Å²) in [7, 11) is 0. The third kappa shape index (κ3) is 4.93. The molecule has 1 aliphatic heterocycles. The van der Waals surface area contributed by atoms with Gasteiger partial charge in [-0.15, -0.1) is 0 Å². The molecule has 132 valence electrons. The molecule has 0 aliphatic carbocycles. The molecule has 3 heteroatoms. The summed E-state index contributed by atoms with van der Waals surface area (Å²) in [5.41, 5.74) is 4.93. The summed E-state index contributed by atoms with van der Waals surface area (Å²) in [5, 5.41) is 3.00. The molecular weight excluding hydrogens is 308 g/mol.